The van der Waals surface area contributed by atoms with Crippen molar-refractivity contribution < 1.29 is 4.52 Å². The molecule has 3 rings (SSSR count). The second-order valence-corrected chi connectivity index (χ2v) is 5.51. The fraction of sp³-hybridized carbons (Fsp3) is 0.0625. The molecule has 0 aliphatic heterocycles. The number of halogens is 1. The van der Waals surface area contributed by atoms with Crippen molar-refractivity contribution in [1.82, 2.24) is 5.16 Å². The molecule has 1 aromatic heterocycles. The Morgan fingerprint density at radius 1 is 1.10 bits per heavy atom. The Labute approximate surface area is 125 Å². The van der Waals surface area contributed by atoms with Gasteiger partial charge in [0.2, 0.25) is 0 Å². The molecule has 0 saturated heterocycles. The molecule has 20 heavy (non-hydrogen) atoms. The number of nitrogens with zero attached hydrogens (tertiary/aromatic N) is 1. The molecule has 0 radical (unpaired) electrons. The van der Waals surface area contributed by atoms with Crippen LogP contribution in [0.3, 0.4) is 0 Å². The summed E-state index contributed by atoms with van der Waals surface area (Å²) < 4.78 is 6.50. The van der Waals surface area contributed by atoms with Crippen molar-refractivity contribution in [3.05, 3.63) is 58.6 Å². The fourth-order valence-electron chi connectivity index (χ4n) is 2.25. The van der Waals surface area contributed by atoms with Crippen LogP contribution in [0, 0.1) is 6.92 Å². The van der Waals surface area contributed by atoms with Gasteiger partial charge in [-0.05, 0) is 36.2 Å². The second kappa shape index (κ2) is 5.13. The number of benzene rings is 2. The molecule has 0 amide bonds. The third-order valence-corrected chi connectivity index (χ3v) is 3.71. The summed E-state index contributed by atoms with van der Waals surface area (Å²) in [4.78, 5) is 0. The van der Waals surface area contributed by atoms with Crippen molar-refractivity contribution >= 4 is 21.7 Å². The lowest BCUT2D eigenvalue weighted by atomic mass is 9.99. The Morgan fingerprint density at radius 2 is 1.85 bits per heavy atom. The van der Waals surface area contributed by atoms with Crippen molar-refractivity contribution in [3.8, 4) is 22.5 Å². The van der Waals surface area contributed by atoms with Crippen LogP contribution in [0.4, 0.5) is 5.82 Å². The number of hydrogen-bond acceptors (Lipinski definition) is 3. The zero-order valence-corrected chi connectivity index (χ0v) is 12.5. The minimum Gasteiger partial charge on any atom is -0.380 e. The first kappa shape index (κ1) is 12.9. The molecule has 0 aliphatic carbocycles. The Balaban J connectivity index is 2.21. The van der Waals surface area contributed by atoms with Gasteiger partial charge in [-0.2, -0.15) is 0 Å². The van der Waals surface area contributed by atoms with Crippen LogP contribution in [0.25, 0.3) is 22.5 Å². The normalized spacial score (nSPS) is 10.7. The van der Waals surface area contributed by atoms with Crippen LogP contribution in [0.15, 0.2) is 57.5 Å². The summed E-state index contributed by atoms with van der Waals surface area (Å²) in [7, 11) is 0. The lowest BCUT2D eigenvalue weighted by molar-refractivity contribution is 0.436. The molecular weight excluding hydrogens is 316 g/mol. The lowest BCUT2D eigenvalue weighted by Gasteiger charge is -2.06. The van der Waals surface area contributed by atoms with Gasteiger partial charge in [0.15, 0.2) is 11.6 Å². The van der Waals surface area contributed by atoms with Gasteiger partial charge in [-0.1, -0.05) is 51.4 Å². The highest BCUT2D eigenvalue weighted by Crippen LogP contribution is 2.38. The van der Waals surface area contributed by atoms with Crippen LogP contribution in [-0.4, -0.2) is 5.16 Å². The Hall–Kier alpha value is -2.07. The zero-order valence-electron chi connectivity index (χ0n) is 10.9. The van der Waals surface area contributed by atoms with Crippen molar-refractivity contribution in [3.63, 3.8) is 0 Å². The molecule has 0 fully saturated rings. The Morgan fingerprint density at radius 3 is 2.55 bits per heavy atom. The maximum absolute atomic E-state index is 5.98. The van der Waals surface area contributed by atoms with E-state index in [0.717, 1.165) is 26.7 Å². The number of anilines is 1. The molecule has 2 aromatic carbocycles. The van der Waals surface area contributed by atoms with E-state index in [4.69, 9.17) is 10.3 Å². The minimum atomic E-state index is 0.411. The van der Waals surface area contributed by atoms with Crippen molar-refractivity contribution in [2.45, 2.75) is 6.92 Å². The highest BCUT2D eigenvalue weighted by atomic mass is 79.9. The fourth-order valence-corrected chi connectivity index (χ4v) is 2.73. The van der Waals surface area contributed by atoms with E-state index in [-0.39, 0.29) is 0 Å². The van der Waals surface area contributed by atoms with E-state index in [0.29, 0.717) is 11.6 Å². The summed E-state index contributed by atoms with van der Waals surface area (Å²) in [5.74, 6) is 1.12. The molecule has 3 nitrogen and oxygen atoms in total. The summed E-state index contributed by atoms with van der Waals surface area (Å²) in [5.41, 5.74) is 9.92. The van der Waals surface area contributed by atoms with Gasteiger partial charge in [0, 0.05) is 10.0 Å². The molecule has 3 aromatic rings. The number of aryl methyl sites for hydroxylation is 1. The molecule has 0 unspecified atom stereocenters. The van der Waals surface area contributed by atoms with E-state index in [2.05, 4.69) is 21.1 Å². The minimum absolute atomic E-state index is 0.411. The molecule has 0 saturated carbocycles. The molecule has 0 spiro atoms. The highest BCUT2D eigenvalue weighted by Gasteiger charge is 2.18. The number of hydrogen-bond donors (Lipinski definition) is 1. The maximum atomic E-state index is 5.98. The van der Waals surface area contributed by atoms with Crippen molar-refractivity contribution in [1.29, 1.82) is 0 Å². The lowest BCUT2D eigenvalue weighted by Crippen LogP contribution is -1.89. The summed E-state index contributed by atoms with van der Waals surface area (Å²) >= 11 is 3.47. The standard InChI is InChI=1S/C16H13BrN2O/c1-10-9-12(17)7-8-13(10)15-14(16(18)19-20-15)11-5-3-2-4-6-11/h2-9H,1H3,(H2,18,19). The van der Waals surface area contributed by atoms with Crippen molar-refractivity contribution in [2.24, 2.45) is 0 Å². The Bertz CT molecular complexity index is 750. The van der Waals surface area contributed by atoms with Crippen LogP contribution in [0.5, 0.6) is 0 Å². The second-order valence-electron chi connectivity index (χ2n) is 4.60. The van der Waals surface area contributed by atoms with Crippen LogP contribution in [-0.2, 0) is 0 Å². The monoisotopic (exact) mass is 328 g/mol. The van der Waals surface area contributed by atoms with Crippen LogP contribution >= 0.6 is 15.9 Å². The molecule has 0 bridgehead atoms. The van der Waals surface area contributed by atoms with E-state index in [1.54, 1.807) is 0 Å². The van der Waals surface area contributed by atoms with E-state index in [9.17, 15) is 0 Å². The molecule has 4 heteroatoms. The van der Waals surface area contributed by atoms with E-state index < -0.39 is 0 Å². The molecule has 100 valence electrons. The quantitative estimate of drug-likeness (QED) is 0.744. The predicted octanol–water partition coefficient (Wildman–Crippen LogP) is 4.66. The largest absolute Gasteiger partial charge is 0.380 e. The summed E-state index contributed by atoms with van der Waals surface area (Å²) in [6, 6.07) is 15.9. The zero-order chi connectivity index (χ0) is 14.1. The van der Waals surface area contributed by atoms with Crippen LogP contribution in [0.2, 0.25) is 0 Å². The molecule has 2 N–H and O–H groups in total. The molecule has 0 aliphatic rings. The topological polar surface area (TPSA) is 52.0 Å². The number of nitrogens with two attached hydrogens (primary N) is 1. The summed E-state index contributed by atoms with van der Waals surface area (Å²) in [5, 5.41) is 3.92. The van der Waals surface area contributed by atoms with Gasteiger partial charge < -0.3 is 10.3 Å². The average Bonchev–Trinajstić information content (AvgIpc) is 2.81. The summed E-state index contributed by atoms with van der Waals surface area (Å²) in [6.07, 6.45) is 0. The predicted molar refractivity (Wildman–Crippen MR) is 84.2 cm³/mol. The van der Waals surface area contributed by atoms with Gasteiger partial charge in [0.25, 0.3) is 0 Å². The van der Waals surface area contributed by atoms with Crippen LogP contribution < -0.4 is 5.73 Å². The summed E-state index contributed by atoms with van der Waals surface area (Å²) in [6.45, 7) is 2.04. The molecular formula is C16H13BrN2O. The van der Waals surface area contributed by atoms with Gasteiger partial charge >= 0.3 is 0 Å². The molecule has 0 atom stereocenters. The number of nitrogen functional groups attached to an aromatic ring is 1. The number of aromatic nitrogens is 1. The van der Waals surface area contributed by atoms with E-state index in [1.165, 1.54) is 0 Å². The third-order valence-electron chi connectivity index (χ3n) is 3.21. The smallest absolute Gasteiger partial charge is 0.177 e. The van der Waals surface area contributed by atoms with Gasteiger partial charge in [0.1, 0.15) is 0 Å². The third kappa shape index (κ3) is 2.23. The SMILES string of the molecule is Cc1cc(Br)ccc1-c1onc(N)c1-c1ccccc1. The molecule has 1 heterocycles. The first-order chi connectivity index (χ1) is 9.66. The Kier molecular flexibility index (Phi) is 3.32. The van der Waals surface area contributed by atoms with Gasteiger partial charge in [-0.25, -0.2) is 0 Å². The van der Waals surface area contributed by atoms with E-state index >= 15 is 0 Å². The van der Waals surface area contributed by atoms with Crippen molar-refractivity contribution in [2.75, 3.05) is 5.73 Å². The average molecular weight is 329 g/mol. The number of rotatable bonds is 2. The van der Waals surface area contributed by atoms with E-state index in [1.807, 2.05) is 55.5 Å². The van der Waals surface area contributed by atoms with Gasteiger partial charge in [-0.15, -0.1) is 0 Å². The van der Waals surface area contributed by atoms with Gasteiger partial charge in [0.05, 0.1) is 5.56 Å². The van der Waals surface area contributed by atoms with Crippen LogP contribution in [0.1, 0.15) is 5.56 Å². The maximum Gasteiger partial charge on any atom is 0.177 e. The highest BCUT2D eigenvalue weighted by molar-refractivity contribution is 9.10. The first-order valence-corrected chi connectivity index (χ1v) is 7.03. The van der Waals surface area contributed by atoms with Gasteiger partial charge in [-0.3, -0.25) is 0 Å². The first-order valence-electron chi connectivity index (χ1n) is 6.24.